The van der Waals surface area contributed by atoms with Crippen molar-refractivity contribution in [1.29, 1.82) is 0 Å². The van der Waals surface area contributed by atoms with Gasteiger partial charge in [-0.25, -0.2) is 9.78 Å². The Balaban J connectivity index is 1.23. The molecule has 4 rings (SSSR count). The summed E-state index contributed by atoms with van der Waals surface area (Å²) in [6.45, 7) is 2.08. The average Bonchev–Trinajstić information content (AvgIpc) is 2.76. The number of hydrogen-bond donors (Lipinski definition) is 2. The van der Waals surface area contributed by atoms with Gasteiger partial charge in [0.25, 0.3) is 0 Å². The summed E-state index contributed by atoms with van der Waals surface area (Å²) in [4.78, 5) is 19.1. The van der Waals surface area contributed by atoms with Gasteiger partial charge in [0.05, 0.1) is 11.9 Å². The van der Waals surface area contributed by atoms with Crippen LogP contribution in [0, 0.1) is 5.92 Å². The summed E-state index contributed by atoms with van der Waals surface area (Å²) < 4.78 is 0. The summed E-state index contributed by atoms with van der Waals surface area (Å²) in [6, 6.07) is 15.0. The van der Waals surface area contributed by atoms with Gasteiger partial charge < -0.3 is 15.5 Å². The fourth-order valence-electron chi connectivity index (χ4n) is 4.56. The molecule has 1 aromatic carbocycles. The number of anilines is 2. The van der Waals surface area contributed by atoms with E-state index in [9.17, 15) is 4.79 Å². The van der Waals surface area contributed by atoms with Crippen molar-refractivity contribution in [2.45, 2.75) is 57.4 Å². The molecule has 5 nitrogen and oxygen atoms in total. The van der Waals surface area contributed by atoms with Crippen molar-refractivity contribution < 1.29 is 4.79 Å². The molecule has 0 spiro atoms. The lowest BCUT2D eigenvalue weighted by atomic mass is 9.90. The average molecular weight is 393 g/mol. The Morgan fingerprint density at radius 1 is 0.966 bits per heavy atom. The van der Waals surface area contributed by atoms with Crippen LogP contribution < -0.4 is 15.5 Å². The van der Waals surface area contributed by atoms with Gasteiger partial charge in [-0.15, -0.1) is 0 Å². The standard InChI is InChI=1S/C24H32N4O/c29-24(26-21-9-5-2-6-10-21)27-22-11-12-23(25-18-22)28-15-13-20(14-16-28)17-19-7-3-1-4-8-19/h1,3-4,7-8,11-12,18,20-21H,2,5-6,9-10,13-17H2,(H2,26,27,29). The number of nitrogens with one attached hydrogen (secondary N) is 2. The van der Waals surface area contributed by atoms with Crippen LogP contribution in [-0.4, -0.2) is 30.1 Å². The summed E-state index contributed by atoms with van der Waals surface area (Å²) in [7, 11) is 0. The van der Waals surface area contributed by atoms with Gasteiger partial charge in [0.15, 0.2) is 0 Å². The summed E-state index contributed by atoms with van der Waals surface area (Å²) in [5, 5.41) is 6.00. The molecule has 0 atom stereocenters. The molecule has 1 saturated carbocycles. The van der Waals surface area contributed by atoms with Crippen LogP contribution in [0.3, 0.4) is 0 Å². The fraction of sp³-hybridized carbons (Fsp3) is 0.500. The predicted octanol–water partition coefficient (Wildman–Crippen LogP) is 4.99. The van der Waals surface area contributed by atoms with Gasteiger partial charge in [-0.05, 0) is 55.7 Å². The second-order valence-corrected chi connectivity index (χ2v) is 8.46. The number of nitrogens with zero attached hydrogens (tertiary/aromatic N) is 2. The third-order valence-electron chi connectivity index (χ3n) is 6.25. The monoisotopic (exact) mass is 392 g/mol. The Morgan fingerprint density at radius 3 is 2.41 bits per heavy atom. The smallest absolute Gasteiger partial charge is 0.319 e. The summed E-state index contributed by atoms with van der Waals surface area (Å²) in [5.41, 5.74) is 2.19. The summed E-state index contributed by atoms with van der Waals surface area (Å²) in [5.74, 6) is 1.75. The molecule has 2 aliphatic rings. The zero-order chi connectivity index (χ0) is 19.9. The molecule has 2 fully saturated rings. The Kier molecular flexibility index (Phi) is 6.65. The van der Waals surface area contributed by atoms with Crippen molar-refractivity contribution in [2.24, 2.45) is 5.92 Å². The van der Waals surface area contributed by atoms with E-state index in [0.29, 0.717) is 6.04 Å². The van der Waals surface area contributed by atoms with E-state index >= 15 is 0 Å². The Labute approximate surface area is 173 Å². The molecule has 29 heavy (non-hydrogen) atoms. The number of hydrogen-bond acceptors (Lipinski definition) is 3. The van der Waals surface area contributed by atoms with Crippen LogP contribution in [0.25, 0.3) is 0 Å². The Morgan fingerprint density at radius 2 is 1.72 bits per heavy atom. The van der Waals surface area contributed by atoms with E-state index in [1.165, 1.54) is 44.1 Å². The number of urea groups is 1. The van der Waals surface area contributed by atoms with E-state index in [1.807, 2.05) is 12.1 Å². The molecule has 0 unspecified atom stereocenters. The zero-order valence-electron chi connectivity index (χ0n) is 17.1. The number of amides is 2. The lowest BCUT2D eigenvalue weighted by Gasteiger charge is -2.33. The first-order valence-corrected chi connectivity index (χ1v) is 11.1. The van der Waals surface area contributed by atoms with Gasteiger partial charge in [0.2, 0.25) is 0 Å². The minimum absolute atomic E-state index is 0.117. The molecule has 2 amide bonds. The van der Waals surface area contributed by atoms with Gasteiger partial charge in [-0.1, -0.05) is 49.6 Å². The fourth-order valence-corrected chi connectivity index (χ4v) is 4.56. The van der Waals surface area contributed by atoms with Gasteiger partial charge >= 0.3 is 6.03 Å². The van der Waals surface area contributed by atoms with Gasteiger partial charge in [0.1, 0.15) is 5.82 Å². The molecule has 154 valence electrons. The number of benzene rings is 1. The normalized spacial score (nSPS) is 18.4. The quantitative estimate of drug-likeness (QED) is 0.753. The topological polar surface area (TPSA) is 57.3 Å². The molecular formula is C24H32N4O. The van der Waals surface area contributed by atoms with Gasteiger partial charge in [-0.3, -0.25) is 0 Å². The Bertz CT molecular complexity index is 763. The predicted molar refractivity (Wildman–Crippen MR) is 118 cm³/mol. The highest BCUT2D eigenvalue weighted by molar-refractivity contribution is 5.89. The van der Waals surface area contributed by atoms with E-state index in [4.69, 9.17) is 0 Å². The second kappa shape index (κ2) is 9.77. The number of carbonyl (C=O) groups excluding carboxylic acids is 1. The van der Waals surface area contributed by atoms with Crippen LogP contribution in [0.2, 0.25) is 0 Å². The minimum Gasteiger partial charge on any atom is -0.357 e. The van der Waals surface area contributed by atoms with E-state index < -0.39 is 0 Å². The summed E-state index contributed by atoms with van der Waals surface area (Å²) >= 11 is 0. The molecule has 1 aliphatic carbocycles. The van der Waals surface area contributed by atoms with Crippen molar-refractivity contribution in [3.8, 4) is 0 Å². The third-order valence-corrected chi connectivity index (χ3v) is 6.25. The maximum atomic E-state index is 12.2. The first kappa shape index (κ1) is 19.7. The molecule has 2 aromatic rings. The molecule has 1 saturated heterocycles. The van der Waals surface area contributed by atoms with E-state index in [1.54, 1.807) is 6.20 Å². The van der Waals surface area contributed by atoms with Crippen molar-refractivity contribution >= 4 is 17.5 Å². The van der Waals surface area contributed by atoms with Crippen molar-refractivity contribution in [1.82, 2.24) is 10.3 Å². The van der Waals surface area contributed by atoms with Gasteiger partial charge in [-0.2, -0.15) is 0 Å². The van der Waals surface area contributed by atoms with Crippen LogP contribution in [-0.2, 0) is 6.42 Å². The van der Waals surface area contributed by atoms with Crippen LogP contribution in [0.15, 0.2) is 48.7 Å². The SMILES string of the molecule is O=C(Nc1ccc(N2CCC(Cc3ccccc3)CC2)nc1)NC1CCCCC1. The maximum absolute atomic E-state index is 12.2. The molecule has 2 N–H and O–H groups in total. The van der Waals surface area contributed by atoms with Crippen LogP contribution in [0.4, 0.5) is 16.3 Å². The van der Waals surface area contributed by atoms with Crippen molar-refractivity contribution in [3.63, 3.8) is 0 Å². The highest BCUT2D eigenvalue weighted by Gasteiger charge is 2.20. The zero-order valence-corrected chi connectivity index (χ0v) is 17.1. The van der Waals surface area contributed by atoms with E-state index in [2.05, 4.69) is 50.8 Å². The summed E-state index contributed by atoms with van der Waals surface area (Å²) in [6.07, 6.45) is 11.2. The molecule has 1 aromatic heterocycles. The molecule has 5 heteroatoms. The first-order valence-electron chi connectivity index (χ1n) is 11.1. The largest absolute Gasteiger partial charge is 0.357 e. The maximum Gasteiger partial charge on any atom is 0.319 e. The number of aromatic nitrogens is 1. The van der Waals surface area contributed by atoms with Crippen LogP contribution in [0.1, 0.15) is 50.5 Å². The number of rotatable bonds is 5. The first-order chi connectivity index (χ1) is 14.3. The van der Waals surface area contributed by atoms with Crippen LogP contribution in [0.5, 0.6) is 0 Å². The molecule has 0 bridgehead atoms. The van der Waals surface area contributed by atoms with Crippen molar-refractivity contribution in [2.75, 3.05) is 23.3 Å². The van der Waals surface area contributed by atoms with E-state index in [-0.39, 0.29) is 6.03 Å². The minimum atomic E-state index is -0.117. The van der Waals surface area contributed by atoms with Crippen molar-refractivity contribution in [3.05, 3.63) is 54.2 Å². The van der Waals surface area contributed by atoms with Gasteiger partial charge in [0, 0.05) is 19.1 Å². The van der Waals surface area contributed by atoms with Crippen LogP contribution >= 0.6 is 0 Å². The number of carbonyl (C=O) groups is 1. The highest BCUT2D eigenvalue weighted by atomic mass is 16.2. The number of piperidine rings is 1. The molecular weight excluding hydrogens is 360 g/mol. The van der Waals surface area contributed by atoms with E-state index in [0.717, 1.165) is 43.4 Å². The molecule has 2 heterocycles. The Hall–Kier alpha value is -2.56. The lowest BCUT2D eigenvalue weighted by molar-refractivity contribution is 0.244. The second-order valence-electron chi connectivity index (χ2n) is 8.46. The third kappa shape index (κ3) is 5.72. The highest BCUT2D eigenvalue weighted by Crippen LogP contribution is 2.25. The molecule has 0 radical (unpaired) electrons. The number of pyridine rings is 1. The molecule has 1 aliphatic heterocycles. The lowest BCUT2D eigenvalue weighted by Crippen LogP contribution is -2.39.